The average molecular weight is 177 g/mol. The molecule has 5 heteroatoms. The first-order chi connectivity index (χ1) is 5.56. The van der Waals surface area contributed by atoms with Gasteiger partial charge in [-0.1, -0.05) is 5.16 Å². The molecule has 1 aromatic rings. The second-order valence-electron chi connectivity index (χ2n) is 2.51. The molecular formula is C7H9F2NO2. The van der Waals surface area contributed by atoms with Crippen LogP contribution < -0.4 is 0 Å². The summed E-state index contributed by atoms with van der Waals surface area (Å²) in [4.78, 5) is 0. The van der Waals surface area contributed by atoms with Gasteiger partial charge in [0.2, 0.25) is 5.76 Å². The first-order valence-electron chi connectivity index (χ1n) is 3.49. The van der Waals surface area contributed by atoms with Crippen molar-refractivity contribution in [2.45, 2.75) is 19.3 Å². The van der Waals surface area contributed by atoms with Crippen LogP contribution in [0.25, 0.3) is 0 Å². The van der Waals surface area contributed by atoms with Crippen molar-refractivity contribution in [3.05, 3.63) is 17.5 Å². The lowest BCUT2D eigenvalue weighted by atomic mass is 10.2. The highest BCUT2D eigenvalue weighted by Gasteiger charge is 2.35. The standard InChI is InChI=1S/C7H9F2NO2/c1-5-4-6(12-10-5)7(8,9)2-3-11/h4,11H,2-3H2,1H3. The molecule has 0 fully saturated rings. The van der Waals surface area contributed by atoms with Gasteiger partial charge in [0, 0.05) is 19.1 Å². The van der Waals surface area contributed by atoms with Crippen LogP contribution in [0, 0.1) is 6.92 Å². The molecule has 1 N–H and O–H groups in total. The zero-order chi connectivity index (χ0) is 9.19. The van der Waals surface area contributed by atoms with Gasteiger partial charge in [-0.2, -0.15) is 8.78 Å². The first-order valence-corrected chi connectivity index (χ1v) is 3.49. The van der Waals surface area contributed by atoms with Crippen molar-refractivity contribution in [3.8, 4) is 0 Å². The van der Waals surface area contributed by atoms with E-state index in [0.29, 0.717) is 5.69 Å². The van der Waals surface area contributed by atoms with E-state index in [4.69, 9.17) is 5.11 Å². The summed E-state index contributed by atoms with van der Waals surface area (Å²) in [5.74, 6) is -3.61. The highest BCUT2D eigenvalue weighted by Crippen LogP contribution is 2.31. The number of rotatable bonds is 3. The van der Waals surface area contributed by atoms with E-state index in [-0.39, 0.29) is 0 Å². The Kier molecular flexibility index (Phi) is 2.42. The Hall–Kier alpha value is -0.970. The molecule has 3 nitrogen and oxygen atoms in total. The lowest BCUT2D eigenvalue weighted by Crippen LogP contribution is -2.14. The minimum atomic E-state index is -3.12. The highest BCUT2D eigenvalue weighted by molar-refractivity contribution is 5.08. The van der Waals surface area contributed by atoms with Crippen LogP contribution >= 0.6 is 0 Å². The molecule has 0 saturated heterocycles. The molecular weight excluding hydrogens is 168 g/mol. The topological polar surface area (TPSA) is 46.3 Å². The molecule has 0 spiro atoms. The number of aliphatic hydroxyl groups is 1. The molecule has 0 radical (unpaired) electrons. The fraction of sp³-hybridized carbons (Fsp3) is 0.571. The Labute approximate surface area is 68.0 Å². The molecule has 0 unspecified atom stereocenters. The zero-order valence-electron chi connectivity index (χ0n) is 6.55. The Balaban J connectivity index is 2.81. The van der Waals surface area contributed by atoms with Crippen LogP contribution in [0.5, 0.6) is 0 Å². The lowest BCUT2D eigenvalue weighted by Gasteiger charge is -2.09. The fourth-order valence-corrected chi connectivity index (χ4v) is 0.800. The molecule has 0 aliphatic rings. The minimum Gasteiger partial charge on any atom is -0.396 e. The molecule has 1 rings (SSSR count). The summed E-state index contributed by atoms with van der Waals surface area (Å²) in [6.07, 6.45) is -0.637. The maximum atomic E-state index is 12.9. The lowest BCUT2D eigenvalue weighted by molar-refractivity contribution is -0.0499. The van der Waals surface area contributed by atoms with Gasteiger partial charge in [0.1, 0.15) is 0 Å². The zero-order valence-corrected chi connectivity index (χ0v) is 6.55. The summed E-state index contributed by atoms with van der Waals surface area (Å²) in [6, 6.07) is 1.16. The predicted octanol–water partition coefficient (Wildman–Crippen LogP) is 1.46. The van der Waals surface area contributed by atoms with Gasteiger partial charge >= 0.3 is 5.92 Å². The number of aliphatic hydroxyl groups excluding tert-OH is 1. The van der Waals surface area contributed by atoms with Crippen molar-refractivity contribution in [3.63, 3.8) is 0 Å². The van der Waals surface area contributed by atoms with Gasteiger partial charge in [-0.3, -0.25) is 0 Å². The summed E-state index contributed by atoms with van der Waals surface area (Å²) < 4.78 is 30.1. The van der Waals surface area contributed by atoms with Gasteiger partial charge in [-0.25, -0.2) is 0 Å². The number of halogens is 2. The smallest absolute Gasteiger partial charge is 0.309 e. The molecule has 0 aliphatic heterocycles. The van der Waals surface area contributed by atoms with Crippen LogP contribution in [0.2, 0.25) is 0 Å². The third-order valence-corrected chi connectivity index (χ3v) is 1.41. The summed E-state index contributed by atoms with van der Waals surface area (Å²) in [5, 5.41) is 11.7. The molecule has 0 atom stereocenters. The molecule has 0 aliphatic carbocycles. The van der Waals surface area contributed by atoms with Gasteiger partial charge in [-0.05, 0) is 6.92 Å². The van der Waals surface area contributed by atoms with Crippen LogP contribution in [0.1, 0.15) is 17.9 Å². The van der Waals surface area contributed by atoms with Crippen molar-refractivity contribution in [1.29, 1.82) is 0 Å². The third kappa shape index (κ3) is 1.79. The van der Waals surface area contributed by atoms with Gasteiger partial charge in [-0.15, -0.1) is 0 Å². The van der Waals surface area contributed by atoms with E-state index in [9.17, 15) is 8.78 Å². The van der Waals surface area contributed by atoms with Crippen molar-refractivity contribution in [2.75, 3.05) is 6.61 Å². The van der Waals surface area contributed by atoms with Crippen molar-refractivity contribution in [2.24, 2.45) is 0 Å². The van der Waals surface area contributed by atoms with Gasteiger partial charge in [0.25, 0.3) is 0 Å². The van der Waals surface area contributed by atoms with E-state index in [1.54, 1.807) is 6.92 Å². The number of hydrogen-bond donors (Lipinski definition) is 1. The fourth-order valence-electron chi connectivity index (χ4n) is 0.800. The molecule has 1 heterocycles. The SMILES string of the molecule is Cc1cc(C(F)(F)CCO)on1. The number of aromatic nitrogens is 1. The van der Waals surface area contributed by atoms with Crippen LogP contribution in [-0.2, 0) is 5.92 Å². The molecule has 0 saturated carbocycles. The van der Waals surface area contributed by atoms with Crippen molar-refractivity contribution in [1.82, 2.24) is 5.16 Å². The van der Waals surface area contributed by atoms with Gasteiger partial charge in [0.05, 0.1) is 5.69 Å². The second kappa shape index (κ2) is 3.18. The third-order valence-electron chi connectivity index (χ3n) is 1.41. The normalized spacial score (nSPS) is 12.0. The molecule has 0 aromatic carbocycles. The Morgan fingerprint density at radius 3 is 2.75 bits per heavy atom. The molecule has 0 amide bonds. The largest absolute Gasteiger partial charge is 0.396 e. The summed E-state index contributed by atoms with van der Waals surface area (Å²) in [5.41, 5.74) is 0.405. The van der Waals surface area contributed by atoms with E-state index in [0.717, 1.165) is 6.07 Å². The van der Waals surface area contributed by atoms with Crippen LogP contribution in [0.4, 0.5) is 8.78 Å². The van der Waals surface area contributed by atoms with Gasteiger partial charge < -0.3 is 9.63 Å². The maximum Gasteiger partial charge on any atom is 0.309 e. The predicted molar refractivity (Wildman–Crippen MR) is 36.8 cm³/mol. The van der Waals surface area contributed by atoms with Gasteiger partial charge in [0.15, 0.2) is 0 Å². The van der Waals surface area contributed by atoms with Crippen molar-refractivity contribution >= 4 is 0 Å². The molecule has 1 aromatic heterocycles. The summed E-state index contributed by atoms with van der Waals surface area (Å²) >= 11 is 0. The van der Waals surface area contributed by atoms with Crippen molar-refractivity contribution < 1.29 is 18.4 Å². The Bertz CT molecular complexity index is 260. The second-order valence-corrected chi connectivity index (χ2v) is 2.51. The summed E-state index contributed by atoms with van der Waals surface area (Å²) in [7, 11) is 0. The van der Waals surface area contributed by atoms with Crippen LogP contribution in [-0.4, -0.2) is 16.9 Å². The quantitative estimate of drug-likeness (QED) is 0.760. The monoisotopic (exact) mass is 177 g/mol. The van der Waals surface area contributed by atoms with E-state index in [1.165, 1.54) is 0 Å². The first kappa shape index (κ1) is 9.12. The molecule has 68 valence electrons. The van der Waals surface area contributed by atoms with E-state index >= 15 is 0 Å². The van der Waals surface area contributed by atoms with E-state index in [2.05, 4.69) is 9.68 Å². The van der Waals surface area contributed by atoms with Crippen LogP contribution in [0.3, 0.4) is 0 Å². The average Bonchev–Trinajstić information content (AvgIpc) is 2.36. The van der Waals surface area contributed by atoms with Crippen LogP contribution in [0.15, 0.2) is 10.6 Å². The number of aryl methyl sites for hydroxylation is 1. The van der Waals surface area contributed by atoms with E-state index in [1.807, 2.05) is 0 Å². The number of alkyl halides is 2. The Morgan fingerprint density at radius 1 is 1.67 bits per heavy atom. The number of nitrogens with zero attached hydrogens (tertiary/aromatic N) is 1. The minimum absolute atomic E-state index is 0.405. The highest BCUT2D eigenvalue weighted by atomic mass is 19.3. The molecule has 0 bridgehead atoms. The Morgan fingerprint density at radius 2 is 2.33 bits per heavy atom. The summed E-state index contributed by atoms with van der Waals surface area (Å²) in [6.45, 7) is 0.981. The van der Waals surface area contributed by atoms with E-state index < -0.39 is 24.7 Å². The molecule has 12 heavy (non-hydrogen) atoms. The maximum absolute atomic E-state index is 12.9. The number of hydrogen-bond acceptors (Lipinski definition) is 3.